The van der Waals surface area contributed by atoms with Crippen LogP contribution in [0.15, 0.2) is 34.8 Å². The fraction of sp³-hybridized carbons (Fsp3) is 0.455. The van der Waals surface area contributed by atoms with Gasteiger partial charge < -0.3 is 0 Å². The van der Waals surface area contributed by atoms with Gasteiger partial charge in [0.05, 0.1) is 0 Å². The van der Waals surface area contributed by atoms with Gasteiger partial charge >= 0.3 is 0 Å². The number of benzene rings is 2. The van der Waals surface area contributed by atoms with Gasteiger partial charge in [-0.2, -0.15) is 0 Å². The van der Waals surface area contributed by atoms with Gasteiger partial charge in [-0.3, -0.25) is 0 Å². The third-order valence-electron chi connectivity index (χ3n) is 4.52. The van der Waals surface area contributed by atoms with Crippen molar-refractivity contribution in [2.75, 3.05) is 0 Å². The maximum absolute atomic E-state index is 3.93. The molecule has 0 N–H and O–H groups in total. The van der Waals surface area contributed by atoms with E-state index in [1.165, 1.54) is 37.9 Å². The minimum absolute atomic E-state index is 0.483. The molecule has 0 aromatic heterocycles. The van der Waals surface area contributed by atoms with Crippen LogP contribution in [0.4, 0.5) is 0 Å². The number of halogens is 1. The average Bonchev–Trinajstić information content (AvgIpc) is 2.46. The SMILES string of the molecule is Cc1ccc(-c2c(C(C)C)cc(C(C)C)c(Br)c2C(C)C)cc1. The molecule has 23 heavy (non-hydrogen) atoms. The molecule has 0 bridgehead atoms. The molecule has 2 aromatic carbocycles. The fourth-order valence-corrected chi connectivity index (χ4v) is 4.41. The van der Waals surface area contributed by atoms with Crippen molar-refractivity contribution in [2.24, 2.45) is 0 Å². The minimum atomic E-state index is 0.483. The lowest BCUT2D eigenvalue weighted by Crippen LogP contribution is -2.05. The minimum Gasteiger partial charge on any atom is -0.0587 e. The van der Waals surface area contributed by atoms with Crippen LogP contribution in [0.1, 0.15) is 81.5 Å². The third kappa shape index (κ3) is 3.71. The summed E-state index contributed by atoms with van der Waals surface area (Å²) in [6.07, 6.45) is 0. The summed E-state index contributed by atoms with van der Waals surface area (Å²) in [7, 11) is 0. The van der Waals surface area contributed by atoms with Crippen LogP contribution in [0.2, 0.25) is 0 Å². The highest BCUT2D eigenvalue weighted by atomic mass is 79.9. The van der Waals surface area contributed by atoms with Gasteiger partial charge in [-0.15, -0.1) is 0 Å². The molecule has 0 saturated heterocycles. The number of rotatable bonds is 4. The zero-order chi connectivity index (χ0) is 17.3. The van der Waals surface area contributed by atoms with E-state index in [2.05, 4.69) is 94.7 Å². The highest BCUT2D eigenvalue weighted by Crippen LogP contribution is 2.43. The second kappa shape index (κ2) is 7.21. The molecule has 0 fully saturated rings. The molecule has 0 nitrogen and oxygen atoms in total. The second-order valence-corrected chi connectivity index (χ2v) is 8.28. The highest BCUT2D eigenvalue weighted by molar-refractivity contribution is 9.10. The summed E-state index contributed by atoms with van der Waals surface area (Å²) in [5.74, 6) is 1.51. The molecule has 1 heteroatoms. The lowest BCUT2D eigenvalue weighted by molar-refractivity contribution is 0.800. The van der Waals surface area contributed by atoms with E-state index in [4.69, 9.17) is 0 Å². The number of hydrogen-bond acceptors (Lipinski definition) is 0. The maximum Gasteiger partial charge on any atom is 0.0250 e. The zero-order valence-corrected chi connectivity index (χ0v) is 17.1. The monoisotopic (exact) mass is 372 g/mol. The summed E-state index contributed by atoms with van der Waals surface area (Å²) in [5.41, 5.74) is 8.40. The van der Waals surface area contributed by atoms with E-state index in [9.17, 15) is 0 Å². The molecule has 0 heterocycles. The molecule has 0 atom stereocenters. The van der Waals surface area contributed by atoms with Crippen LogP contribution in [-0.4, -0.2) is 0 Å². The molecule has 0 radical (unpaired) electrons. The van der Waals surface area contributed by atoms with Gasteiger partial charge in [0.15, 0.2) is 0 Å². The van der Waals surface area contributed by atoms with E-state index in [-0.39, 0.29) is 0 Å². The van der Waals surface area contributed by atoms with E-state index in [0.717, 1.165) is 0 Å². The van der Waals surface area contributed by atoms with Gasteiger partial charge in [0, 0.05) is 4.47 Å². The summed E-state index contributed by atoms with van der Waals surface area (Å²) >= 11 is 3.93. The van der Waals surface area contributed by atoms with Crippen LogP contribution in [0.25, 0.3) is 11.1 Å². The molecular formula is C22H29Br. The molecule has 0 aliphatic rings. The third-order valence-corrected chi connectivity index (χ3v) is 5.41. The van der Waals surface area contributed by atoms with Crippen LogP contribution in [0, 0.1) is 6.92 Å². The van der Waals surface area contributed by atoms with Gasteiger partial charge in [0.1, 0.15) is 0 Å². The predicted octanol–water partition coefficient (Wildman–Crippen LogP) is 7.79. The Kier molecular flexibility index (Phi) is 5.73. The van der Waals surface area contributed by atoms with Crippen molar-refractivity contribution in [2.45, 2.75) is 66.2 Å². The molecular weight excluding hydrogens is 344 g/mol. The molecule has 0 aliphatic heterocycles. The van der Waals surface area contributed by atoms with Crippen LogP contribution in [0.5, 0.6) is 0 Å². The quantitative estimate of drug-likeness (QED) is 0.513. The summed E-state index contributed by atoms with van der Waals surface area (Å²) in [5, 5.41) is 0. The Morgan fingerprint density at radius 3 is 1.70 bits per heavy atom. The highest BCUT2D eigenvalue weighted by Gasteiger charge is 2.22. The standard InChI is InChI=1S/C22H29Br/c1-13(2)18-12-19(14(3)4)22(23)20(15(5)6)21(18)17-10-8-16(7)9-11-17/h8-15H,1-7H3. The first kappa shape index (κ1) is 18.3. The Hall–Kier alpha value is -1.08. The van der Waals surface area contributed by atoms with E-state index in [0.29, 0.717) is 17.8 Å². The lowest BCUT2D eigenvalue weighted by atomic mass is 9.81. The average molecular weight is 373 g/mol. The first-order valence-corrected chi connectivity index (χ1v) is 9.46. The van der Waals surface area contributed by atoms with Crippen molar-refractivity contribution in [3.8, 4) is 11.1 Å². The fourth-order valence-electron chi connectivity index (χ4n) is 3.18. The normalized spacial score (nSPS) is 11.8. The maximum atomic E-state index is 3.93. The van der Waals surface area contributed by atoms with E-state index < -0.39 is 0 Å². The molecule has 2 rings (SSSR count). The van der Waals surface area contributed by atoms with Gasteiger partial charge in [0.2, 0.25) is 0 Å². The molecule has 0 spiro atoms. The van der Waals surface area contributed by atoms with Crippen molar-refractivity contribution in [1.29, 1.82) is 0 Å². The smallest absolute Gasteiger partial charge is 0.0250 e. The molecule has 124 valence electrons. The number of aryl methyl sites for hydroxylation is 1. The van der Waals surface area contributed by atoms with Crippen LogP contribution in [-0.2, 0) is 0 Å². The molecule has 0 aliphatic carbocycles. The van der Waals surface area contributed by atoms with Gasteiger partial charge in [0.25, 0.3) is 0 Å². The first-order valence-electron chi connectivity index (χ1n) is 8.67. The topological polar surface area (TPSA) is 0 Å². The molecule has 0 amide bonds. The predicted molar refractivity (Wildman–Crippen MR) is 107 cm³/mol. The van der Waals surface area contributed by atoms with Gasteiger partial charge in [-0.05, 0) is 52.5 Å². The van der Waals surface area contributed by atoms with Crippen molar-refractivity contribution in [1.82, 2.24) is 0 Å². The van der Waals surface area contributed by atoms with Crippen LogP contribution < -0.4 is 0 Å². The molecule has 0 saturated carbocycles. The summed E-state index contributed by atoms with van der Waals surface area (Å²) in [6, 6.07) is 11.4. The Bertz CT molecular complexity index is 676. The van der Waals surface area contributed by atoms with Gasteiger partial charge in [-0.25, -0.2) is 0 Å². The largest absolute Gasteiger partial charge is 0.0587 e. The summed E-state index contributed by atoms with van der Waals surface area (Å²) in [6.45, 7) is 15.9. The van der Waals surface area contributed by atoms with E-state index >= 15 is 0 Å². The zero-order valence-electron chi connectivity index (χ0n) is 15.5. The van der Waals surface area contributed by atoms with E-state index in [1.54, 1.807) is 0 Å². The summed E-state index contributed by atoms with van der Waals surface area (Å²) < 4.78 is 1.29. The van der Waals surface area contributed by atoms with Crippen LogP contribution >= 0.6 is 15.9 Å². The lowest BCUT2D eigenvalue weighted by Gasteiger charge is -2.25. The Labute approximate surface area is 150 Å². The second-order valence-electron chi connectivity index (χ2n) is 7.49. The van der Waals surface area contributed by atoms with E-state index in [1.807, 2.05) is 0 Å². The van der Waals surface area contributed by atoms with Crippen LogP contribution in [0.3, 0.4) is 0 Å². The molecule has 0 unspecified atom stereocenters. The Balaban J connectivity index is 2.86. The number of hydrogen-bond donors (Lipinski definition) is 0. The van der Waals surface area contributed by atoms with Crippen molar-refractivity contribution >= 4 is 15.9 Å². The van der Waals surface area contributed by atoms with Crippen molar-refractivity contribution in [3.63, 3.8) is 0 Å². The Morgan fingerprint density at radius 1 is 0.739 bits per heavy atom. The van der Waals surface area contributed by atoms with Crippen molar-refractivity contribution in [3.05, 3.63) is 57.1 Å². The Morgan fingerprint density at radius 2 is 1.26 bits per heavy atom. The van der Waals surface area contributed by atoms with Crippen molar-refractivity contribution < 1.29 is 0 Å². The first-order chi connectivity index (χ1) is 10.7. The van der Waals surface area contributed by atoms with Gasteiger partial charge in [-0.1, -0.05) is 93.4 Å². The molecule has 2 aromatic rings. The summed E-state index contributed by atoms with van der Waals surface area (Å²) in [4.78, 5) is 0.